The highest BCUT2D eigenvalue weighted by Gasteiger charge is 2.32. The van der Waals surface area contributed by atoms with Gasteiger partial charge in [-0.2, -0.15) is 14.6 Å². The van der Waals surface area contributed by atoms with Gasteiger partial charge < -0.3 is 29.5 Å². The van der Waals surface area contributed by atoms with Crippen molar-refractivity contribution >= 4 is 60.5 Å². The van der Waals surface area contributed by atoms with Gasteiger partial charge in [0.15, 0.2) is 32.2 Å². The maximum Gasteiger partial charge on any atom is 0.469 e. The van der Waals surface area contributed by atoms with E-state index in [1.165, 1.54) is 23.1 Å². The molecule has 44 heavy (non-hydrogen) atoms. The van der Waals surface area contributed by atoms with E-state index in [0.717, 1.165) is 12.8 Å². The van der Waals surface area contributed by atoms with Crippen molar-refractivity contribution in [3.05, 3.63) is 41.0 Å². The van der Waals surface area contributed by atoms with Gasteiger partial charge in [-0.15, -0.1) is 5.10 Å². The fourth-order valence-electron chi connectivity index (χ4n) is 4.73. The zero-order valence-electron chi connectivity index (χ0n) is 22.9. The van der Waals surface area contributed by atoms with Crippen LogP contribution in [0.15, 0.2) is 30.9 Å². The molecule has 2 aliphatic heterocycles. The summed E-state index contributed by atoms with van der Waals surface area (Å²) < 4.78 is 38.9. The number of ether oxygens (including phenoxy) is 2. The Morgan fingerprint density at radius 3 is 2.55 bits per heavy atom. The largest absolute Gasteiger partial charge is 0.469 e. The number of anilines is 1. The lowest BCUT2D eigenvalue weighted by Gasteiger charge is -2.14. The summed E-state index contributed by atoms with van der Waals surface area (Å²) in [6, 6.07) is 4.52. The van der Waals surface area contributed by atoms with Crippen molar-refractivity contribution in [3.8, 4) is 0 Å². The molecule has 0 spiro atoms. The number of benzene rings is 1. The first kappa shape index (κ1) is 34.0. The Morgan fingerprint density at radius 1 is 1.09 bits per heavy atom. The van der Waals surface area contributed by atoms with Crippen LogP contribution in [0, 0.1) is 10.1 Å². The molecular formula is C21H30N9O11P3. The molecule has 0 radical (unpaired) electrons. The van der Waals surface area contributed by atoms with Gasteiger partial charge in [0.2, 0.25) is 0 Å². The number of nitrogens with zero attached hydrogens (tertiary/aromatic N) is 8. The molecule has 1 aromatic carbocycles. The summed E-state index contributed by atoms with van der Waals surface area (Å²) in [5.41, 5.74) is 7.46. The molecule has 3 aromatic heterocycles. The van der Waals surface area contributed by atoms with Crippen LogP contribution < -0.4 is 5.73 Å². The Kier molecular flexibility index (Phi) is 11.6. The fourth-order valence-corrected chi connectivity index (χ4v) is 5.39. The molecule has 23 heteroatoms. The lowest BCUT2D eigenvalue weighted by molar-refractivity contribution is -0.383. The second kappa shape index (κ2) is 14.9. The van der Waals surface area contributed by atoms with E-state index in [2.05, 4.69) is 34.5 Å². The van der Waals surface area contributed by atoms with E-state index in [1.807, 2.05) is 4.57 Å². The molecule has 4 aromatic rings. The molecule has 2 fully saturated rings. The Bertz CT molecular complexity index is 1620. The highest BCUT2D eigenvalue weighted by molar-refractivity contribution is 7.46. The van der Waals surface area contributed by atoms with Crippen LogP contribution >= 0.6 is 26.8 Å². The third-order valence-corrected chi connectivity index (χ3v) is 7.46. The van der Waals surface area contributed by atoms with E-state index >= 15 is 0 Å². The molecule has 0 aliphatic carbocycles. The van der Waals surface area contributed by atoms with Crippen LogP contribution in [-0.4, -0.2) is 79.9 Å². The quantitative estimate of drug-likeness (QED) is 0.0616. The molecule has 6 unspecified atom stereocenters. The van der Waals surface area contributed by atoms with Crippen LogP contribution in [0.1, 0.15) is 38.1 Å². The minimum atomic E-state index is -4.54. The zero-order valence-corrected chi connectivity index (χ0v) is 26.2. The Labute approximate surface area is 253 Å². The number of non-ortho nitro benzene ring substituents is 1. The maximum atomic E-state index is 11.0. The predicted octanol–water partition coefficient (Wildman–Crippen LogP) is 2.29. The third-order valence-electron chi connectivity index (χ3n) is 6.61. The normalized spacial score (nSPS) is 22.0. The molecule has 20 nitrogen and oxygen atoms in total. The lowest BCUT2D eigenvalue weighted by atomic mass is 10.2. The van der Waals surface area contributed by atoms with Crippen LogP contribution in [-0.2, 0) is 27.8 Å². The zero-order chi connectivity index (χ0) is 30.6. The van der Waals surface area contributed by atoms with Crippen LogP contribution in [0.25, 0.3) is 22.2 Å². The minimum absolute atomic E-state index is 0. The Hall–Kier alpha value is -2.86. The Balaban J connectivity index is 0.000000198. The number of hydrogen-bond donors (Lipinski definition) is 4. The van der Waals surface area contributed by atoms with Gasteiger partial charge in [-0.3, -0.25) is 19.2 Å². The summed E-state index contributed by atoms with van der Waals surface area (Å²) in [6.45, 7) is 0.132. The monoisotopic (exact) mass is 677 g/mol. The molecule has 6 rings (SSSR count). The van der Waals surface area contributed by atoms with Gasteiger partial charge in [0, 0.05) is 6.07 Å². The average molecular weight is 677 g/mol. The third kappa shape index (κ3) is 8.04. The van der Waals surface area contributed by atoms with Gasteiger partial charge in [0.1, 0.15) is 18.1 Å². The van der Waals surface area contributed by atoms with E-state index in [9.17, 15) is 14.7 Å². The maximum absolute atomic E-state index is 11.0. The van der Waals surface area contributed by atoms with Crippen molar-refractivity contribution in [2.45, 2.75) is 50.3 Å². The van der Waals surface area contributed by atoms with Crippen molar-refractivity contribution < 1.29 is 47.7 Å². The summed E-state index contributed by atoms with van der Waals surface area (Å²) in [6.07, 6.45) is 4.57. The van der Waals surface area contributed by atoms with E-state index < -0.39 is 34.1 Å². The summed E-state index contributed by atoms with van der Waals surface area (Å²) in [5, 5.41) is 26.9. The molecule has 240 valence electrons. The first-order valence-corrected chi connectivity index (χ1v) is 15.1. The number of rotatable bonds is 10. The number of phosphoric acid groups is 1. The van der Waals surface area contributed by atoms with Crippen molar-refractivity contribution in [2.75, 3.05) is 18.9 Å². The number of imidazole rings is 1. The van der Waals surface area contributed by atoms with E-state index in [-0.39, 0.29) is 40.0 Å². The molecular weight excluding hydrogens is 647 g/mol. The van der Waals surface area contributed by atoms with Gasteiger partial charge in [0.25, 0.3) is 5.69 Å². The standard InChI is InChI=1S/C11H13N4O7P.C10H14N5O4P.H3P/c16-15(17)9-3-1-2-8-11(9)12-13-14(8)10-5-4-7(22-10)6-21-23(18,19)20;11-9-8-10(13-4-12-9)15(5-14-8)7-2-1-6(18-7)3-17-20-19-16;/h1-3,7,10H,4-6H2,(H2,18,19,20);4-7,16,20H,1-3H2,(H2,11,12,13);1H3. The van der Waals surface area contributed by atoms with Crippen molar-refractivity contribution in [1.29, 1.82) is 0 Å². The van der Waals surface area contributed by atoms with Crippen molar-refractivity contribution in [3.63, 3.8) is 0 Å². The van der Waals surface area contributed by atoms with Crippen molar-refractivity contribution in [2.24, 2.45) is 0 Å². The van der Waals surface area contributed by atoms with E-state index in [4.69, 9.17) is 34.8 Å². The number of nitrogen functional groups attached to an aromatic ring is 1. The number of fused-ring (bicyclic) bond motifs is 2. The first-order valence-electron chi connectivity index (χ1n) is 12.7. The number of aromatic nitrogens is 7. The van der Waals surface area contributed by atoms with Gasteiger partial charge in [0.05, 0.1) is 42.2 Å². The average Bonchev–Trinajstić information content (AvgIpc) is 3.77. The molecule has 2 saturated heterocycles. The van der Waals surface area contributed by atoms with Gasteiger partial charge >= 0.3 is 7.82 Å². The fraction of sp³-hybridized carbons (Fsp3) is 0.476. The number of nitro benzene ring substituents is 1. The smallest absolute Gasteiger partial charge is 0.382 e. The summed E-state index contributed by atoms with van der Waals surface area (Å²) in [5.74, 6) is 0.355. The SMILES string of the molecule is Nc1ncnc2c1ncn2C1CCC(COPOO)O1.O=[N+]([O-])c1cccc2c1nnn2C1CCC(COP(=O)(O)O)O1.P. The second-order valence-electron chi connectivity index (χ2n) is 9.37. The van der Waals surface area contributed by atoms with Crippen LogP contribution in [0.2, 0.25) is 0 Å². The lowest BCUT2D eigenvalue weighted by Crippen LogP contribution is -2.16. The highest BCUT2D eigenvalue weighted by Crippen LogP contribution is 2.38. The molecule has 0 saturated carbocycles. The molecule has 6 atom stereocenters. The number of hydrogen-bond acceptors (Lipinski definition) is 15. The Morgan fingerprint density at radius 2 is 1.82 bits per heavy atom. The summed E-state index contributed by atoms with van der Waals surface area (Å²) >= 11 is 0. The second-order valence-corrected chi connectivity index (χ2v) is 11.2. The van der Waals surface area contributed by atoms with E-state index in [1.54, 1.807) is 12.4 Å². The molecule has 2 aliphatic rings. The summed E-state index contributed by atoms with van der Waals surface area (Å²) in [7, 11) is -4.94. The van der Waals surface area contributed by atoms with Gasteiger partial charge in [-0.1, -0.05) is 11.3 Å². The van der Waals surface area contributed by atoms with Crippen LogP contribution in [0.4, 0.5) is 11.5 Å². The molecule has 0 amide bonds. The molecule has 5 N–H and O–H groups in total. The minimum Gasteiger partial charge on any atom is -0.382 e. The molecule has 0 bridgehead atoms. The highest BCUT2D eigenvalue weighted by atomic mass is 31.2. The topological polar surface area (TPSA) is 267 Å². The van der Waals surface area contributed by atoms with Crippen LogP contribution in [0.5, 0.6) is 0 Å². The van der Waals surface area contributed by atoms with Crippen molar-refractivity contribution in [1.82, 2.24) is 34.5 Å². The van der Waals surface area contributed by atoms with Gasteiger partial charge in [-0.25, -0.2) is 29.5 Å². The van der Waals surface area contributed by atoms with Gasteiger partial charge in [-0.05, 0) is 31.7 Å². The number of phosphoric ester groups is 1. The number of nitrogens with two attached hydrogens (primary N) is 1. The summed E-state index contributed by atoms with van der Waals surface area (Å²) in [4.78, 5) is 40.1. The van der Waals surface area contributed by atoms with E-state index in [0.29, 0.717) is 41.9 Å². The predicted molar refractivity (Wildman–Crippen MR) is 157 cm³/mol. The van der Waals surface area contributed by atoms with Crippen LogP contribution in [0.3, 0.4) is 0 Å². The molecule has 5 heterocycles. The first-order chi connectivity index (χ1) is 20.6. The number of nitro groups is 1.